The number of ether oxygens (including phenoxy) is 2. The van der Waals surface area contributed by atoms with E-state index in [1.165, 1.54) is 0 Å². The summed E-state index contributed by atoms with van der Waals surface area (Å²) in [6.07, 6.45) is 0.921. The predicted molar refractivity (Wildman–Crippen MR) is 62.6 cm³/mol. The van der Waals surface area contributed by atoms with Gasteiger partial charge in [-0.1, -0.05) is 0 Å². The minimum absolute atomic E-state index is 0.583. The number of nitrogens with zero attached hydrogens (tertiary/aromatic N) is 1. The Morgan fingerprint density at radius 3 is 2.81 bits per heavy atom. The average molecular weight is 223 g/mol. The minimum atomic E-state index is 0.583. The molecule has 16 heavy (non-hydrogen) atoms. The molecular formula is C11H17N3O2. The molecule has 1 heterocycles. The smallest absolute Gasteiger partial charge is 0.163 e. The molecule has 0 radical (unpaired) electrons. The standard InChI is InChI=1S/C11H17N3O2/c1-14(8-13-12)9-3-4-10-11(7-9)16-6-2-5-15-10/h3-4,7,13H,2,5-6,8,12H2,1H3. The lowest BCUT2D eigenvalue weighted by atomic mass is 10.2. The van der Waals surface area contributed by atoms with Crippen molar-refractivity contribution in [2.24, 2.45) is 5.84 Å². The van der Waals surface area contributed by atoms with Gasteiger partial charge in [-0.05, 0) is 12.1 Å². The third-order valence-electron chi connectivity index (χ3n) is 2.50. The van der Waals surface area contributed by atoms with Gasteiger partial charge >= 0.3 is 0 Å². The topological polar surface area (TPSA) is 59.8 Å². The van der Waals surface area contributed by atoms with Crippen LogP contribution in [0.15, 0.2) is 18.2 Å². The van der Waals surface area contributed by atoms with Gasteiger partial charge in [-0.3, -0.25) is 5.84 Å². The van der Waals surface area contributed by atoms with Crippen molar-refractivity contribution >= 4 is 5.69 Å². The highest BCUT2D eigenvalue weighted by Gasteiger charge is 2.11. The summed E-state index contributed by atoms with van der Waals surface area (Å²) in [6.45, 7) is 2.00. The molecule has 3 N–H and O–H groups in total. The van der Waals surface area contributed by atoms with E-state index in [9.17, 15) is 0 Å². The van der Waals surface area contributed by atoms with Crippen LogP contribution in [0.2, 0.25) is 0 Å². The molecule has 1 aromatic carbocycles. The van der Waals surface area contributed by atoms with Crippen LogP contribution in [-0.2, 0) is 0 Å². The van der Waals surface area contributed by atoms with Crippen LogP contribution in [0, 0.1) is 0 Å². The van der Waals surface area contributed by atoms with E-state index in [1.807, 2.05) is 30.1 Å². The first-order valence-corrected chi connectivity index (χ1v) is 5.35. The molecule has 1 aliphatic rings. The molecule has 0 aromatic heterocycles. The van der Waals surface area contributed by atoms with Crippen molar-refractivity contribution in [1.29, 1.82) is 0 Å². The molecule has 0 bridgehead atoms. The molecule has 0 fully saturated rings. The summed E-state index contributed by atoms with van der Waals surface area (Å²) in [5.74, 6) is 6.90. The second kappa shape index (κ2) is 5.05. The number of fused-ring (bicyclic) bond motifs is 1. The molecule has 88 valence electrons. The van der Waals surface area contributed by atoms with Gasteiger partial charge in [-0.25, -0.2) is 5.43 Å². The van der Waals surface area contributed by atoms with Crippen LogP contribution in [0.1, 0.15) is 6.42 Å². The van der Waals surface area contributed by atoms with E-state index in [0.29, 0.717) is 19.9 Å². The Kier molecular flexibility index (Phi) is 3.48. The minimum Gasteiger partial charge on any atom is -0.490 e. The van der Waals surface area contributed by atoms with E-state index < -0.39 is 0 Å². The lowest BCUT2D eigenvalue weighted by Gasteiger charge is -2.19. The predicted octanol–water partition coefficient (Wildman–Crippen LogP) is 0.705. The summed E-state index contributed by atoms with van der Waals surface area (Å²) < 4.78 is 11.2. The Balaban J connectivity index is 2.20. The molecule has 1 aliphatic heterocycles. The highest BCUT2D eigenvalue weighted by atomic mass is 16.5. The third-order valence-corrected chi connectivity index (χ3v) is 2.50. The largest absolute Gasteiger partial charge is 0.490 e. The maximum Gasteiger partial charge on any atom is 0.163 e. The van der Waals surface area contributed by atoms with Crippen LogP contribution >= 0.6 is 0 Å². The zero-order valence-corrected chi connectivity index (χ0v) is 9.40. The van der Waals surface area contributed by atoms with Crippen LogP contribution in [0.25, 0.3) is 0 Å². The van der Waals surface area contributed by atoms with Crippen molar-refractivity contribution in [3.8, 4) is 11.5 Å². The second-order valence-electron chi connectivity index (χ2n) is 3.74. The SMILES string of the molecule is CN(CNN)c1ccc2c(c1)OCCCO2. The second-order valence-corrected chi connectivity index (χ2v) is 3.74. The quantitative estimate of drug-likeness (QED) is 0.449. The zero-order valence-electron chi connectivity index (χ0n) is 9.40. The van der Waals surface area contributed by atoms with Crippen LogP contribution in [0.3, 0.4) is 0 Å². The van der Waals surface area contributed by atoms with Crippen molar-refractivity contribution in [3.63, 3.8) is 0 Å². The number of benzene rings is 1. The van der Waals surface area contributed by atoms with Crippen molar-refractivity contribution in [2.75, 3.05) is 31.8 Å². The lowest BCUT2D eigenvalue weighted by Crippen LogP contribution is -2.35. The van der Waals surface area contributed by atoms with Gasteiger partial charge in [0.25, 0.3) is 0 Å². The fraction of sp³-hybridized carbons (Fsp3) is 0.455. The molecule has 5 heteroatoms. The fourth-order valence-corrected chi connectivity index (χ4v) is 1.62. The lowest BCUT2D eigenvalue weighted by molar-refractivity contribution is 0.297. The number of anilines is 1. The van der Waals surface area contributed by atoms with Crippen LogP contribution in [0.5, 0.6) is 11.5 Å². The van der Waals surface area contributed by atoms with Gasteiger partial charge in [0.1, 0.15) is 0 Å². The molecule has 5 nitrogen and oxygen atoms in total. The van der Waals surface area contributed by atoms with Crippen molar-refractivity contribution < 1.29 is 9.47 Å². The highest BCUT2D eigenvalue weighted by Crippen LogP contribution is 2.33. The normalized spacial score (nSPS) is 14.4. The first-order chi connectivity index (χ1) is 7.81. The van der Waals surface area contributed by atoms with E-state index >= 15 is 0 Å². The number of hydrazine groups is 1. The van der Waals surface area contributed by atoms with Crippen LogP contribution in [0.4, 0.5) is 5.69 Å². The first kappa shape index (κ1) is 11.0. The number of hydrogen-bond acceptors (Lipinski definition) is 5. The van der Waals surface area contributed by atoms with Gasteiger partial charge in [0.2, 0.25) is 0 Å². The molecule has 2 rings (SSSR count). The average Bonchev–Trinajstić information content (AvgIpc) is 2.53. The number of nitrogens with one attached hydrogen (secondary N) is 1. The van der Waals surface area contributed by atoms with Gasteiger partial charge in [0, 0.05) is 25.2 Å². The fourth-order valence-electron chi connectivity index (χ4n) is 1.62. The molecule has 0 spiro atoms. The monoisotopic (exact) mass is 223 g/mol. The Labute approximate surface area is 95.1 Å². The number of nitrogens with two attached hydrogens (primary N) is 1. The first-order valence-electron chi connectivity index (χ1n) is 5.35. The summed E-state index contributed by atoms with van der Waals surface area (Å²) in [5, 5.41) is 0. The molecule has 0 atom stereocenters. The summed E-state index contributed by atoms with van der Waals surface area (Å²) in [6, 6.07) is 5.89. The van der Waals surface area contributed by atoms with Gasteiger partial charge < -0.3 is 14.4 Å². The van der Waals surface area contributed by atoms with Crippen molar-refractivity contribution in [3.05, 3.63) is 18.2 Å². The maximum absolute atomic E-state index is 5.61. The number of hydrogen-bond donors (Lipinski definition) is 2. The maximum atomic E-state index is 5.61. The molecule has 0 saturated carbocycles. The third kappa shape index (κ3) is 2.37. The van der Waals surface area contributed by atoms with Gasteiger partial charge in [0.05, 0.1) is 19.9 Å². The van der Waals surface area contributed by atoms with E-state index in [4.69, 9.17) is 15.3 Å². The molecule has 1 aromatic rings. The molecule has 0 amide bonds. The number of rotatable bonds is 3. The molecule has 0 unspecified atom stereocenters. The summed E-state index contributed by atoms with van der Waals surface area (Å²) >= 11 is 0. The van der Waals surface area contributed by atoms with Crippen molar-refractivity contribution in [2.45, 2.75) is 6.42 Å². The highest BCUT2D eigenvalue weighted by molar-refractivity contribution is 5.56. The molecule has 0 saturated heterocycles. The zero-order chi connectivity index (χ0) is 11.4. The van der Waals surface area contributed by atoms with E-state index in [2.05, 4.69) is 5.43 Å². The van der Waals surface area contributed by atoms with E-state index in [0.717, 1.165) is 23.6 Å². The van der Waals surface area contributed by atoms with Crippen LogP contribution in [-0.4, -0.2) is 26.9 Å². The summed E-state index contributed by atoms with van der Waals surface area (Å²) in [5.41, 5.74) is 3.66. The Morgan fingerprint density at radius 2 is 2.06 bits per heavy atom. The Bertz CT molecular complexity index is 357. The summed E-state index contributed by atoms with van der Waals surface area (Å²) in [7, 11) is 1.96. The molecular weight excluding hydrogens is 206 g/mol. The Hall–Kier alpha value is -1.46. The van der Waals surface area contributed by atoms with Gasteiger partial charge in [0.15, 0.2) is 11.5 Å². The van der Waals surface area contributed by atoms with Gasteiger partial charge in [-0.2, -0.15) is 0 Å². The molecule has 0 aliphatic carbocycles. The van der Waals surface area contributed by atoms with Crippen LogP contribution < -0.4 is 25.6 Å². The van der Waals surface area contributed by atoms with E-state index in [-0.39, 0.29) is 0 Å². The van der Waals surface area contributed by atoms with Crippen molar-refractivity contribution in [1.82, 2.24) is 5.43 Å². The van der Waals surface area contributed by atoms with E-state index in [1.54, 1.807) is 0 Å². The Morgan fingerprint density at radius 1 is 1.31 bits per heavy atom. The summed E-state index contributed by atoms with van der Waals surface area (Å²) in [4.78, 5) is 1.99. The van der Waals surface area contributed by atoms with Gasteiger partial charge in [-0.15, -0.1) is 0 Å².